The highest BCUT2D eigenvalue weighted by Crippen LogP contribution is 2.20. The molecule has 1 aliphatic carbocycles. The second-order valence-corrected chi connectivity index (χ2v) is 5.62. The molecule has 0 amide bonds. The van der Waals surface area contributed by atoms with Crippen LogP contribution in [-0.2, 0) is 0 Å². The minimum atomic E-state index is -0.126. The van der Waals surface area contributed by atoms with Crippen LogP contribution in [0.2, 0.25) is 0 Å². The Hall–Kier alpha value is 0.137. The Bertz CT molecular complexity index is 113. The highest BCUT2D eigenvalue weighted by atomic mass is 28.2. The molecule has 12 heavy (non-hydrogen) atoms. The van der Waals surface area contributed by atoms with Crippen molar-refractivity contribution in [3.8, 4) is 0 Å². The number of hydrogen-bond donors (Lipinski definition) is 1. The van der Waals surface area contributed by atoms with Crippen molar-refractivity contribution < 1.29 is 0 Å². The van der Waals surface area contributed by atoms with Gasteiger partial charge in [0.1, 0.15) is 0 Å². The van der Waals surface area contributed by atoms with E-state index in [2.05, 4.69) is 23.5 Å². The summed E-state index contributed by atoms with van der Waals surface area (Å²) in [6.45, 7) is 3.34. The van der Waals surface area contributed by atoms with Crippen LogP contribution in [-0.4, -0.2) is 34.0 Å². The Balaban J connectivity index is 2.15. The fourth-order valence-corrected chi connectivity index (χ4v) is 3.14. The van der Waals surface area contributed by atoms with E-state index in [-0.39, 0.29) is 9.84 Å². The smallest absolute Gasteiger partial charge is 0.170 e. The average molecular weight is 186 g/mol. The van der Waals surface area contributed by atoms with Crippen molar-refractivity contribution in [3.05, 3.63) is 0 Å². The molecule has 0 spiro atoms. The molecule has 1 saturated carbocycles. The van der Waals surface area contributed by atoms with E-state index >= 15 is 0 Å². The topological polar surface area (TPSA) is 15.3 Å². The second kappa shape index (κ2) is 5.73. The van der Waals surface area contributed by atoms with E-state index in [0.717, 1.165) is 12.6 Å². The van der Waals surface area contributed by atoms with Gasteiger partial charge in [0.25, 0.3) is 0 Å². The van der Waals surface area contributed by atoms with E-state index < -0.39 is 0 Å². The van der Waals surface area contributed by atoms with E-state index in [1.54, 1.807) is 0 Å². The van der Waals surface area contributed by atoms with Crippen LogP contribution < -0.4 is 4.98 Å². The molecule has 1 fully saturated rings. The van der Waals surface area contributed by atoms with Crippen molar-refractivity contribution in [1.29, 1.82) is 0 Å². The summed E-state index contributed by atoms with van der Waals surface area (Å²) in [7, 11) is 2.17. The Labute approximate surface area is 78.7 Å². The molecule has 0 bridgehead atoms. The fourth-order valence-electron chi connectivity index (χ4n) is 1.94. The minimum absolute atomic E-state index is 0.126. The van der Waals surface area contributed by atoms with E-state index in [1.807, 2.05) is 0 Å². The van der Waals surface area contributed by atoms with Crippen LogP contribution >= 0.6 is 0 Å². The van der Waals surface area contributed by atoms with Crippen LogP contribution in [0, 0.1) is 0 Å². The summed E-state index contributed by atoms with van der Waals surface area (Å²) in [6, 6.07) is 0.907. The highest BCUT2D eigenvalue weighted by Gasteiger charge is 2.16. The molecule has 0 unspecified atom stereocenters. The van der Waals surface area contributed by atoms with Gasteiger partial charge in [0.05, 0.1) is 0 Å². The van der Waals surface area contributed by atoms with Crippen LogP contribution in [0.5, 0.6) is 0 Å². The molecule has 0 aromatic rings. The molecule has 0 aliphatic heterocycles. The lowest BCUT2D eigenvalue weighted by atomic mass is 9.96. The normalized spacial score (nSPS) is 21.2. The Morgan fingerprint density at radius 2 is 2.00 bits per heavy atom. The van der Waals surface area contributed by atoms with Crippen molar-refractivity contribution in [3.63, 3.8) is 0 Å². The second-order valence-electron chi connectivity index (χ2n) is 3.81. The molecule has 0 aromatic carbocycles. The molecular formula is C9H22N2Si. The van der Waals surface area contributed by atoms with Crippen LogP contribution in [0.3, 0.4) is 0 Å². The summed E-state index contributed by atoms with van der Waals surface area (Å²) in [5.74, 6) is 0. The number of rotatable bonds is 4. The quantitative estimate of drug-likeness (QED) is 0.655. The van der Waals surface area contributed by atoms with Gasteiger partial charge in [-0.25, -0.2) is 0 Å². The maximum absolute atomic E-state index is 3.51. The molecule has 2 nitrogen and oxygen atoms in total. The molecule has 3 heteroatoms. The molecule has 1 aliphatic rings. The lowest BCUT2D eigenvalue weighted by Crippen LogP contribution is -2.42. The molecule has 0 saturated heterocycles. The maximum Gasteiger partial charge on any atom is 0.170 e. The summed E-state index contributed by atoms with van der Waals surface area (Å²) in [6.07, 6.45) is 7.25. The van der Waals surface area contributed by atoms with Crippen LogP contribution in [0.1, 0.15) is 39.0 Å². The lowest BCUT2D eigenvalue weighted by Gasteiger charge is -2.31. The van der Waals surface area contributed by atoms with Crippen molar-refractivity contribution in [1.82, 2.24) is 9.55 Å². The van der Waals surface area contributed by atoms with Gasteiger partial charge in [-0.15, -0.1) is 0 Å². The number of hydrogen-bond acceptors (Lipinski definition) is 2. The number of nitrogens with zero attached hydrogens (tertiary/aromatic N) is 1. The zero-order valence-electron chi connectivity index (χ0n) is 8.47. The molecule has 1 N–H and O–H groups in total. The SMILES string of the molecule is CCN[SiH2]N(C)C1CCCCC1. The minimum Gasteiger partial charge on any atom is -0.331 e. The van der Waals surface area contributed by atoms with E-state index in [0.29, 0.717) is 0 Å². The van der Waals surface area contributed by atoms with Gasteiger partial charge in [-0.2, -0.15) is 0 Å². The highest BCUT2D eigenvalue weighted by molar-refractivity contribution is 6.28. The van der Waals surface area contributed by atoms with Gasteiger partial charge in [-0.3, -0.25) is 0 Å². The number of nitrogens with one attached hydrogen (secondary N) is 1. The van der Waals surface area contributed by atoms with Crippen LogP contribution in [0.15, 0.2) is 0 Å². The predicted molar refractivity (Wildman–Crippen MR) is 56.9 cm³/mol. The van der Waals surface area contributed by atoms with Gasteiger partial charge in [0.2, 0.25) is 0 Å². The maximum atomic E-state index is 3.51. The first-order valence-corrected chi connectivity index (χ1v) is 6.59. The first-order chi connectivity index (χ1) is 5.84. The zero-order valence-corrected chi connectivity index (χ0v) is 9.89. The largest absolute Gasteiger partial charge is 0.331 e. The molecule has 0 atom stereocenters. The van der Waals surface area contributed by atoms with E-state index in [4.69, 9.17) is 0 Å². The van der Waals surface area contributed by atoms with Gasteiger partial charge in [-0.05, 0) is 26.4 Å². The van der Waals surface area contributed by atoms with Crippen LogP contribution in [0.4, 0.5) is 0 Å². The van der Waals surface area contributed by atoms with Gasteiger partial charge in [0, 0.05) is 6.04 Å². The third kappa shape index (κ3) is 3.25. The predicted octanol–water partition coefficient (Wildman–Crippen LogP) is 0.859. The van der Waals surface area contributed by atoms with E-state index in [9.17, 15) is 0 Å². The summed E-state index contributed by atoms with van der Waals surface area (Å²) in [5, 5.41) is 0. The molecule has 0 radical (unpaired) electrons. The van der Waals surface area contributed by atoms with Crippen molar-refractivity contribution in [2.45, 2.75) is 45.1 Å². The first kappa shape index (κ1) is 10.2. The van der Waals surface area contributed by atoms with Crippen molar-refractivity contribution in [2.75, 3.05) is 13.6 Å². The van der Waals surface area contributed by atoms with Crippen molar-refractivity contribution >= 4 is 9.84 Å². The zero-order chi connectivity index (χ0) is 8.81. The summed E-state index contributed by atoms with van der Waals surface area (Å²) in [4.78, 5) is 3.51. The molecular weight excluding hydrogens is 164 g/mol. The monoisotopic (exact) mass is 186 g/mol. The molecule has 0 heterocycles. The van der Waals surface area contributed by atoms with Gasteiger partial charge < -0.3 is 9.55 Å². The Morgan fingerprint density at radius 1 is 1.33 bits per heavy atom. The Kier molecular flexibility index (Phi) is 4.88. The molecule has 0 aromatic heterocycles. The van der Waals surface area contributed by atoms with Gasteiger partial charge >= 0.3 is 0 Å². The third-order valence-corrected chi connectivity index (χ3v) is 4.55. The molecule has 72 valence electrons. The Morgan fingerprint density at radius 3 is 2.58 bits per heavy atom. The first-order valence-electron chi connectivity index (χ1n) is 5.25. The standard InChI is InChI=1S/C9H22N2Si/c1-3-10-12-11(2)9-7-5-4-6-8-9/h9-10H,3-8,12H2,1-2H3. The van der Waals surface area contributed by atoms with Crippen molar-refractivity contribution in [2.24, 2.45) is 0 Å². The summed E-state index contributed by atoms with van der Waals surface area (Å²) >= 11 is 0. The summed E-state index contributed by atoms with van der Waals surface area (Å²) < 4.78 is 2.60. The van der Waals surface area contributed by atoms with Crippen LogP contribution in [0.25, 0.3) is 0 Å². The third-order valence-electron chi connectivity index (χ3n) is 2.81. The van der Waals surface area contributed by atoms with Gasteiger partial charge in [0.15, 0.2) is 9.84 Å². The average Bonchev–Trinajstić information content (AvgIpc) is 2.15. The fraction of sp³-hybridized carbons (Fsp3) is 1.00. The molecule has 1 rings (SSSR count). The summed E-state index contributed by atoms with van der Waals surface area (Å²) in [5.41, 5.74) is 0. The van der Waals surface area contributed by atoms with E-state index in [1.165, 1.54) is 32.1 Å². The lowest BCUT2D eigenvalue weighted by molar-refractivity contribution is 0.288. The van der Waals surface area contributed by atoms with Gasteiger partial charge in [-0.1, -0.05) is 26.2 Å².